The lowest BCUT2D eigenvalue weighted by molar-refractivity contribution is -0.120. The largest absolute Gasteiger partial charge is 0.444 e. The summed E-state index contributed by atoms with van der Waals surface area (Å²) in [5.74, 6) is -0.525. The summed E-state index contributed by atoms with van der Waals surface area (Å²) < 4.78 is 5.96. The molecule has 0 fully saturated rings. The Bertz CT molecular complexity index is 909. The van der Waals surface area contributed by atoms with Crippen LogP contribution in [0.2, 0.25) is 0 Å². The van der Waals surface area contributed by atoms with Crippen molar-refractivity contribution in [3.05, 3.63) is 64.1 Å². The first-order valence-electron chi connectivity index (χ1n) is 9.49. The van der Waals surface area contributed by atoms with Crippen LogP contribution < -0.4 is 16.0 Å². The molecule has 0 saturated heterocycles. The van der Waals surface area contributed by atoms with E-state index in [4.69, 9.17) is 4.74 Å². The molecule has 0 saturated carbocycles. The number of alkyl carbamates (subject to hydrolysis) is 1. The Morgan fingerprint density at radius 1 is 0.900 bits per heavy atom. The summed E-state index contributed by atoms with van der Waals surface area (Å²) in [4.78, 5) is 36.1. The fourth-order valence-corrected chi connectivity index (χ4v) is 2.95. The highest BCUT2D eigenvalue weighted by Crippen LogP contribution is 2.19. The Morgan fingerprint density at radius 3 is 2.20 bits per heavy atom. The maximum Gasteiger partial charge on any atom is 0.408 e. The van der Waals surface area contributed by atoms with E-state index in [1.807, 2.05) is 42.5 Å². The first-order chi connectivity index (χ1) is 14.1. The number of rotatable bonds is 7. The van der Waals surface area contributed by atoms with Gasteiger partial charge in [0.1, 0.15) is 12.1 Å². The quantitative estimate of drug-likeness (QED) is 0.567. The molecule has 160 valence electrons. The Labute approximate surface area is 184 Å². The lowest BCUT2D eigenvalue weighted by atomic mass is 10.1. The summed E-state index contributed by atoms with van der Waals surface area (Å²) in [6.45, 7) is 5.24. The summed E-state index contributed by atoms with van der Waals surface area (Å²) in [6.07, 6.45) is -0.431. The van der Waals surface area contributed by atoms with Crippen LogP contribution in [0.5, 0.6) is 0 Å². The fraction of sp³-hybridized carbons (Fsp3) is 0.318. The molecule has 2 rings (SSSR count). The molecule has 2 aromatic carbocycles. The first kappa shape index (κ1) is 23.4. The van der Waals surface area contributed by atoms with Crippen LogP contribution in [-0.2, 0) is 27.3 Å². The molecule has 0 unspecified atom stereocenters. The van der Waals surface area contributed by atoms with Gasteiger partial charge in [0.15, 0.2) is 0 Å². The van der Waals surface area contributed by atoms with Gasteiger partial charge in [-0.15, -0.1) is 0 Å². The van der Waals surface area contributed by atoms with E-state index in [2.05, 4.69) is 31.9 Å². The van der Waals surface area contributed by atoms with Crippen molar-refractivity contribution in [2.75, 3.05) is 11.9 Å². The Kier molecular flexibility index (Phi) is 8.41. The van der Waals surface area contributed by atoms with Crippen molar-refractivity contribution in [3.63, 3.8) is 0 Å². The van der Waals surface area contributed by atoms with Gasteiger partial charge >= 0.3 is 6.09 Å². The second kappa shape index (κ2) is 10.8. The number of amides is 3. The highest BCUT2D eigenvalue weighted by molar-refractivity contribution is 9.10. The van der Waals surface area contributed by atoms with Crippen molar-refractivity contribution in [2.45, 2.75) is 39.3 Å². The Morgan fingerprint density at radius 2 is 1.53 bits per heavy atom. The highest BCUT2D eigenvalue weighted by Gasteiger charge is 2.16. The molecular weight excluding hydrogens is 450 g/mol. The zero-order chi connectivity index (χ0) is 22.1. The van der Waals surface area contributed by atoms with Crippen molar-refractivity contribution >= 4 is 39.5 Å². The van der Waals surface area contributed by atoms with E-state index >= 15 is 0 Å². The van der Waals surface area contributed by atoms with Crippen molar-refractivity contribution in [2.24, 2.45) is 0 Å². The molecule has 0 heterocycles. The minimum absolute atomic E-state index is 0.160. The number of anilines is 1. The standard InChI is InChI=1S/C22H26BrN3O4/c1-22(2,3)30-21(29)25-14-20(28)24-13-16-9-5-7-11-18(16)26-19(27)12-15-8-4-6-10-17(15)23/h4-11H,12-14H2,1-3H3,(H,24,28)(H,25,29)(H,26,27). The number of nitrogens with one attached hydrogen (secondary N) is 3. The van der Waals surface area contributed by atoms with Gasteiger partial charge in [-0.1, -0.05) is 52.3 Å². The molecular formula is C22H26BrN3O4. The third-order valence-electron chi connectivity index (χ3n) is 3.87. The van der Waals surface area contributed by atoms with Crippen molar-refractivity contribution in [1.82, 2.24) is 10.6 Å². The number of carbonyl (C=O) groups excluding carboxylic acids is 3. The van der Waals surface area contributed by atoms with Crippen molar-refractivity contribution in [3.8, 4) is 0 Å². The summed E-state index contributed by atoms with van der Waals surface area (Å²) in [7, 11) is 0. The van der Waals surface area contributed by atoms with Gasteiger partial charge in [-0.3, -0.25) is 9.59 Å². The SMILES string of the molecule is CC(C)(C)OC(=O)NCC(=O)NCc1ccccc1NC(=O)Cc1ccccc1Br. The van der Waals surface area contributed by atoms with E-state index < -0.39 is 11.7 Å². The third-order valence-corrected chi connectivity index (χ3v) is 4.64. The van der Waals surface area contributed by atoms with E-state index in [0.29, 0.717) is 5.69 Å². The van der Waals surface area contributed by atoms with Gasteiger partial charge in [-0.2, -0.15) is 0 Å². The molecule has 7 nitrogen and oxygen atoms in total. The minimum Gasteiger partial charge on any atom is -0.444 e. The normalized spacial score (nSPS) is 10.8. The Hall–Kier alpha value is -2.87. The Balaban J connectivity index is 1.87. The van der Waals surface area contributed by atoms with Gasteiger partial charge in [0.2, 0.25) is 11.8 Å². The molecule has 0 aliphatic heterocycles. The molecule has 0 aromatic heterocycles. The molecule has 0 bridgehead atoms. The van der Waals surface area contributed by atoms with Gasteiger partial charge in [0, 0.05) is 16.7 Å². The monoisotopic (exact) mass is 475 g/mol. The molecule has 0 aliphatic rings. The van der Waals surface area contributed by atoms with Crippen LogP contribution >= 0.6 is 15.9 Å². The minimum atomic E-state index is -0.655. The topological polar surface area (TPSA) is 96.5 Å². The van der Waals surface area contributed by atoms with Gasteiger partial charge in [0.05, 0.1) is 6.42 Å². The fourth-order valence-electron chi connectivity index (χ4n) is 2.53. The van der Waals surface area contributed by atoms with E-state index in [9.17, 15) is 14.4 Å². The van der Waals surface area contributed by atoms with Crippen molar-refractivity contribution < 1.29 is 19.1 Å². The predicted octanol–water partition coefficient (Wildman–Crippen LogP) is 3.77. The lowest BCUT2D eigenvalue weighted by Crippen LogP contribution is -2.39. The number of hydrogen-bond acceptors (Lipinski definition) is 4. The molecule has 3 N–H and O–H groups in total. The van der Waals surface area contributed by atoms with E-state index in [0.717, 1.165) is 15.6 Å². The average Bonchev–Trinajstić information content (AvgIpc) is 2.66. The summed E-state index contributed by atoms with van der Waals surface area (Å²) in [6, 6.07) is 14.8. The van der Waals surface area contributed by atoms with Crippen LogP contribution in [0.4, 0.5) is 10.5 Å². The number of halogens is 1. The zero-order valence-electron chi connectivity index (χ0n) is 17.3. The van der Waals surface area contributed by atoms with Crippen molar-refractivity contribution in [1.29, 1.82) is 0 Å². The van der Waals surface area contributed by atoms with Crippen LogP contribution in [0, 0.1) is 0 Å². The van der Waals surface area contributed by atoms with Gasteiger partial charge in [-0.25, -0.2) is 4.79 Å². The van der Waals surface area contributed by atoms with Gasteiger partial charge < -0.3 is 20.7 Å². The maximum absolute atomic E-state index is 12.4. The summed E-state index contributed by atoms with van der Waals surface area (Å²) in [5, 5.41) is 8.01. The second-order valence-electron chi connectivity index (χ2n) is 7.61. The van der Waals surface area contributed by atoms with E-state index in [1.54, 1.807) is 26.8 Å². The molecule has 0 atom stereocenters. The number of ether oxygens (including phenoxy) is 1. The molecule has 30 heavy (non-hydrogen) atoms. The molecule has 0 radical (unpaired) electrons. The van der Waals surface area contributed by atoms with Crippen LogP contribution in [-0.4, -0.2) is 30.1 Å². The molecule has 8 heteroatoms. The van der Waals surface area contributed by atoms with E-state index in [1.165, 1.54) is 0 Å². The summed E-state index contributed by atoms with van der Waals surface area (Å²) in [5.41, 5.74) is 1.63. The molecule has 0 spiro atoms. The van der Waals surface area contributed by atoms with Gasteiger partial charge in [0.25, 0.3) is 0 Å². The zero-order valence-corrected chi connectivity index (χ0v) is 18.8. The smallest absolute Gasteiger partial charge is 0.408 e. The van der Waals surface area contributed by atoms with Crippen LogP contribution in [0.3, 0.4) is 0 Å². The number of carbonyl (C=O) groups is 3. The second-order valence-corrected chi connectivity index (χ2v) is 8.46. The van der Waals surface area contributed by atoms with Crippen LogP contribution in [0.1, 0.15) is 31.9 Å². The number of para-hydroxylation sites is 1. The van der Waals surface area contributed by atoms with E-state index in [-0.39, 0.29) is 31.3 Å². The van der Waals surface area contributed by atoms with Crippen LogP contribution in [0.15, 0.2) is 53.0 Å². The highest BCUT2D eigenvalue weighted by atomic mass is 79.9. The predicted molar refractivity (Wildman–Crippen MR) is 119 cm³/mol. The summed E-state index contributed by atoms with van der Waals surface area (Å²) >= 11 is 3.44. The third kappa shape index (κ3) is 8.24. The lowest BCUT2D eigenvalue weighted by Gasteiger charge is -2.19. The molecule has 0 aliphatic carbocycles. The molecule has 2 aromatic rings. The number of hydrogen-bond donors (Lipinski definition) is 3. The average molecular weight is 476 g/mol. The molecule has 3 amide bonds. The van der Waals surface area contributed by atoms with Gasteiger partial charge in [-0.05, 0) is 44.0 Å². The first-order valence-corrected chi connectivity index (χ1v) is 10.3. The maximum atomic E-state index is 12.4. The number of benzene rings is 2. The van der Waals surface area contributed by atoms with Crippen LogP contribution in [0.25, 0.3) is 0 Å².